The number of piperidine rings is 1. The summed E-state index contributed by atoms with van der Waals surface area (Å²) in [7, 11) is 3.93. The third-order valence-corrected chi connectivity index (χ3v) is 10.00. The van der Waals surface area contributed by atoms with Crippen LogP contribution in [-0.4, -0.2) is 86.4 Å². The van der Waals surface area contributed by atoms with Crippen molar-refractivity contribution < 1.29 is 19.1 Å². The van der Waals surface area contributed by atoms with Crippen LogP contribution in [0.15, 0.2) is 48.5 Å². The molecule has 0 saturated carbocycles. The molecule has 3 aromatic carbocycles. The monoisotopic (exact) mass is 612 g/mol. The average Bonchev–Trinajstić information content (AvgIpc) is 3.44. The molecular weight excluding hydrogens is 564 g/mol. The predicted octanol–water partition coefficient (Wildman–Crippen LogP) is 6.69. The van der Waals surface area contributed by atoms with Crippen molar-refractivity contribution in [2.75, 3.05) is 56.7 Å². The lowest BCUT2D eigenvalue weighted by Crippen LogP contribution is -2.55. The van der Waals surface area contributed by atoms with E-state index in [0.29, 0.717) is 37.6 Å². The number of ether oxygens (including phenoxy) is 2. The Morgan fingerprint density at radius 3 is 2.18 bits per heavy atom. The zero-order valence-corrected chi connectivity index (χ0v) is 27.9. The first-order chi connectivity index (χ1) is 21.4. The Morgan fingerprint density at radius 1 is 0.867 bits per heavy atom. The van der Waals surface area contributed by atoms with Crippen molar-refractivity contribution in [2.24, 2.45) is 0 Å². The standard InChI is InChI=1S/C37H48N4O4/c1-24-22-40(23-25(2)38(24)6)33-21-32-27(20-34(33)44-7)16-19-41(32)35(42)31-13-12-28(29-10-8-9-11-30(29)31)26-14-17-39(18-15-26)36(43)45-37(3,4)5/h8-13,20-21,24-26H,14-19,22-23H2,1-7H3. The van der Waals surface area contributed by atoms with Crippen molar-refractivity contribution in [3.05, 3.63) is 65.2 Å². The van der Waals surface area contributed by atoms with E-state index in [9.17, 15) is 9.59 Å². The molecule has 240 valence electrons. The molecule has 2 atom stereocenters. The maximum atomic E-state index is 14.3. The first kappa shape index (κ1) is 31.2. The molecule has 8 nitrogen and oxygen atoms in total. The smallest absolute Gasteiger partial charge is 0.410 e. The third kappa shape index (κ3) is 6.09. The first-order valence-electron chi connectivity index (χ1n) is 16.4. The number of hydrogen-bond donors (Lipinski definition) is 0. The van der Waals surface area contributed by atoms with Gasteiger partial charge < -0.3 is 24.2 Å². The van der Waals surface area contributed by atoms with Crippen LogP contribution < -0.4 is 14.5 Å². The highest BCUT2D eigenvalue weighted by atomic mass is 16.6. The van der Waals surface area contributed by atoms with Gasteiger partial charge in [0, 0.05) is 56.1 Å². The normalized spacial score (nSPS) is 21.3. The minimum Gasteiger partial charge on any atom is -0.495 e. The van der Waals surface area contributed by atoms with E-state index in [0.717, 1.165) is 71.4 Å². The molecule has 3 aliphatic rings. The van der Waals surface area contributed by atoms with Crippen LogP contribution in [0.4, 0.5) is 16.2 Å². The lowest BCUT2D eigenvalue weighted by molar-refractivity contribution is 0.0205. The summed E-state index contributed by atoms with van der Waals surface area (Å²) in [5, 5.41) is 2.10. The summed E-state index contributed by atoms with van der Waals surface area (Å²) in [5.74, 6) is 1.22. The molecule has 3 aliphatic heterocycles. The van der Waals surface area contributed by atoms with Crippen molar-refractivity contribution in [1.29, 1.82) is 0 Å². The highest BCUT2D eigenvalue weighted by Crippen LogP contribution is 2.42. The van der Waals surface area contributed by atoms with Gasteiger partial charge in [0.15, 0.2) is 0 Å². The van der Waals surface area contributed by atoms with Crippen LogP contribution >= 0.6 is 0 Å². The Morgan fingerprint density at radius 2 is 1.53 bits per heavy atom. The van der Waals surface area contributed by atoms with Gasteiger partial charge in [-0.05, 0) is 107 Å². The SMILES string of the molecule is COc1cc2c(cc1N1CC(C)N(C)C(C)C1)N(C(=O)c1ccc(C3CCN(C(=O)OC(C)(C)C)CC3)c3ccccc13)CC2. The Bertz CT molecular complexity index is 1580. The number of hydrogen-bond acceptors (Lipinski definition) is 6. The quantitative estimate of drug-likeness (QED) is 0.327. The van der Waals surface area contributed by atoms with Crippen LogP contribution in [0.1, 0.15) is 74.9 Å². The minimum absolute atomic E-state index is 0.0347. The number of carbonyl (C=O) groups is 2. The Labute approximate surface area is 267 Å². The van der Waals surface area contributed by atoms with Gasteiger partial charge in [0.2, 0.25) is 0 Å². The molecule has 0 aromatic heterocycles. The van der Waals surface area contributed by atoms with Gasteiger partial charge in [-0.1, -0.05) is 30.3 Å². The van der Waals surface area contributed by atoms with E-state index in [1.807, 2.05) is 42.7 Å². The lowest BCUT2D eigenvalue weighted by atomic mass is 9.85. The van der Waals surface area contributed by atoms with Gasteiger partial charge in [-0.3, -0.25) is 9.69 Å². The number of likely N-dealkylation sites (N-methyl/N-ethyl adjacent to an activating group) is 1. The third-order valence-electron chi connectivity index (χ3n) is 10.00. The summed E-state index contributed by atoms with van der Waals surface area (Å²) in [6.45, 7) is 14.0. The number of fused-ring (bicyclic) bond motifs is 2. The van der Waals surface area contributed by atoms with Crippen molar-refractivity contribution >= 4 is 34.1 Å². The molecule has 2 amide bonds. The second kappa shape index (κ2) is 12.2. The predicted molar refractivity (Wildman–Crippen MR) is 181 cm³/mol. The molecule has 0 N–H and O–H groups in total. The molecular formula is C37H48N4O4. The van der Waals surface area contributed by atoms with E-state index in [1.165, 1.54) is 5.56 Å². The molecule has 3 heterocycles. The van der Waals surface area contributed by atoms with Gasteiger partial charge in [0.05, 0.1) is 12.8 Å². The maximum Gasteiger partial charge on any atom is 0.410 e. The van der Waals surface area contributed by atoms with Crippen molar-refractivity contribution in [3.63, 3.8) is 0 Å². The summed E-state index contributed by atoms with van der Waals surface area (Å²) >= 11 is 0. The number of methoxy groups -OCH3 is 1. The number of rotatable bonds is 4. The fourth-order valence-corrected chi connectivity index (χ4v) is 7.34. The molecule has 0 radical (unpaired) electrons. The van der Waals surface area contributed by atoms with E-state index in [-0.39, 0.29) is 12.0 Å². The van der Waals surface area contributed by atoms with Crippen molar-refractivity contribution in [3.8, 4) is 5.75 Å². The second-order valence-corrected chi connectivity index (χ2v) is 14.1. The fourth-order valence-electron chi connectivity index (χ4n) is 7.34. The molecule has 0 aliphatic carbocycles. The largest absolute Gasteiger partial charge is 0.495 e. The molecule has 6 rings (SSSR count). The highest BCUT2D eigenvalue weighted by Gasteiger charge is 2.33. The number of piperazine rings is 1. The number of amides is 2. The van der Waals surface area contributed by atoms with Crippen LogP contribution in [-0.2, 0) is 11.2 Å². The van der Waals surface area contributed by atoms with Crippen LogP contribution in [0.5, 0.6) is 5.75 Å². The van der Waals surface area contributed by atoms with Crippen molar-refractivity contribution in [1.82, 2.24) is 9.80 Å². The lowest BCUT2D eigenvalue weighted by Gasteiger charge is -2.44. The van der Waals surface area contributed by atoms with Gasteiger partial charge in [-0.25, -0.2) is 4.79 Å². The van der Waals surface area contributed by atoms with E-state index < -0.39 is 5.60 Å². The van der Waals surface area contributed by atoms with Crippen LogP contribution in [0.2, 0.25) is 0 Å². The fraction of sp³-hybridized carbons (Fsp3) is 0.514. The summed E-state index contributed by atoms with van der Waals surface area (Å²) in [4.78, 5) is 35.6. The molecule has 2 unspecified atom stereocenters. The van der Waals surface area contributed by atoms with E-state index >= 15 is 0 Å². The molecule has 2 saturated heterocycles. The van der Waals surface area contributed by atoms with Gasteiger partial charge in [-0.15, -0.1) is 0 Å². The molecule has 45 heavy (non-hydrogen) atoms. The average molecular weight is 613 g/mol. The second-order valence-electron chi connectivity index (χ2n) is 14.1. The van der Waals surface area contributed by atoms with Crippen LogP contribution in [0, 0.1) is 0 Å². The summed E-state index contributed by atoms with van der Waals surface area (Å²) < 4.78 is 11.5. The Hall–Kier alpha value is -3.78. The highest BCUT2D eigenvalue weighted by molar-refractivity contribution is 6.15. The molecule has 8 heteroatoms. The van der Waals surface area contributed by atoms with Gasteiger partial charge in [0.25, 0.3) is 5.91 Å². The van der Waals surface area contributed by atoms with E-state index in [1.54, 1.807) is 7.11 Å². The first-order valence-corrected chi connectivity index (χ1v) is 16.4. The molecule has 0 bridgehead atoms. The summed E-state index contributed by atoms with van der Waals surface area (Å²) in [6.07, 6.45) is 2.29. The summed E-state index contributed by atoms with van der Waals surface area (Å²) in [6, 6.07) is 17.6. The Balaban J connectivity index is 1.26. The maximum absolute atomic E-state index is 14.3. The van der Waals surface area contributed by atoms with Crippen molar-refractivity contribution in [2.45, 2.75) is 77.5 Å². The van der Waals surface area contributed by atoms with Gasteiger partial charge >= 0.3 is 6.09 Å². The molecule has 3 aromatic rings. The van der Waals surface area contributed by atoms with Gasteiger partial charge in [-0.2, -0.15) is 0 Å². The van der Waals surface area contributed by atoms with Crippen LogP contribution in [0.3, 0.4) is 0 Å². The number of anilines is 2. The van der Waals surface area contributed by atoms with E-state index in [4.69, 9.17) is 9.47 Å². The zero-order chi connectivity index (χ0) is 32.0. The number of benzene rings is 3. The van der Waals surface area contributed by atoms with Crippen LogP contribution in [0.25, 0.3) is 10.8 Å². The topological polar surface area (TPSA) is 65.6 Å². The zero-order valence-electron chi connectivity index (χ0n) is 27.9. The number of carbonyl (C=O) groups excluding carboxylic acids is 2. The van der Waals surface area contributed by atoms with E-state index in [2.05, 4.69) is 67.1 Å². The molecule has 2 fully saturated rings. The number of likely N-dealkylation sites (tertiary alicyclic amines) is 1. The molecule has 0 spiro atoms. The Kier molecular flexibility index (Phi) is 8.46. The van der Waals surface area contributed by atoms with Gasteiger partial charge in [0.1, 0.15) is 11.4 Å². The minimum atomic E-state index is -0.502. The number of nitrogens with zero attached hydrogens (tertiary/aromatic N) is 4. The summed E-state index contributed by atoms with van der Waals surface area (Å²) in [5.41, 5.74) is 4.67.